The summed E-state index contributed by atoms with van der Waals surface area (Å²) in [5, 5.41) is 4.14. The van der Waals surface area contributed by atoms with Crippen LogP contribution in [-0.2, 0) is 4.74 Å². The van der Waals surface area contributed by atoms with Gasteiger partial charge in [-0.2, -0.15) is 4.98 Å². The number of hydrogen-bond acceptors (Lipinski definition) is 6. The lowest BCUT2D eigenvalue weighted by Gasteiger charge is -2.41. The Hall–Kier alpha value is -1.76. The average molecular weight is 330 g/mol. The summed E-state index contributed by atoms with van der Waals surface area (Å²) >= 11 is 0. The molecule has 6 nitrogen and oxygen atoms in total. The van der Waals surface area contributed by atoms with Crippen molar-refractivity contribution in [2.45, 2.75) is 25.9 Å². The summed E-state index contributed by atoms with van der Waals surface area (Å²) in [5.41, 5.74) is 0.984. The van der Waals surface area contributed by atoms with Crippen LogP contribution in [0.25, 0.3) is 11.4 Å². The molecule has 1 fully saturated rings. The predicted octanol–water partition coefficient (Wildman–Crippen LogP) is 2.45. The smallest absolute Gasteiger partial charge is 0.244 e. The van der Waals surface area contributed by atoms with Gasteiger partial charge < -0.3 is 9.26 Å². The Morgan fingerprint density at radius 3 is 2.79 bits per heavy atom. The average Bonchev–Trinajstić information content (AvgIpc) is 3.11. The third kappa shape index (κ3) is 3.83. The van der Waals surface area contributed by atoms with E-state index >= 15 is 0 Å². The molecular formula is C18H26N4O2. The first-order valence-electron chi connectivity index (χ1n) is 8.55. The molecule has 1 aromatic carbocycles. The van der Waals surface area contributed by atoms with Crippen LogP contribution in [0.5, 0.6) is 0 Å². The van der Waals surface area contributed by atoms with Gasteiger partial charge in [0.25, 0.3) is 0 Å². The molecule has 24 heavy (non-hydrogen) atoms. The molecule has 1 saturated heterocycles. The summed E-state index contributed by atoms with van der Waals surface area (Å²) in [4.78, 5) is 9.48. The first-order valence-corrected chi connectivity index (χ1v) is 8.55. The van der Waals surface area contributed by atoms with Gasteiger partial charge in [0.05, 0.1) is 12.6 Å². The topological polar surface area (TPSA) is 54.6 Å². The SMILES string of the molecule is COCCN1CCN([C@@H](C)c2nc(-c3ccccc3)no2)C[C@@H]1C. The first-order chi connectivity index (χ1) is 11.7. The van der Waals surface area contributed by atoms with Crippen LogP contribution >= 0.6 is 0 Å². The summed E-state index contributed by atoms with van der Waals surface area (Å²) in [6, 6.07) is 10.6. The zero-order chi connectivity index (χ0) is 16.9. The Kier molecular flexibility index (Phi) is 5.60. The van der Waals surface area contributed by atoms with Crippen molar-refractivity contribution < 1.29 is 9.26 Å². The van der Waals surface area contributed by atoms with Crippen LogP contribution in [-0.4, -0.2) is 65.9 Å². The van der Waals surface area contributed by atoms with Crippen molar-refractivity contribution in [3.8, 4) is 11.4 Å². The lowest BCUT2D eigenvalue weighted by molar-refractivity contribution is 0.0349. The zero-order valence-corrected chi connectivity index (χ0v) is 14.7. The van der Waals surface area contributed by atoms with E-state index in [1.54, 1.807) is 7.11 Å². The number of methoxy groups -OCH3 is 1. The molecule has 0 aliphatic carbocycles. The second-order valence-electron chi connectivity index (χ2n) is 6.37. The molecule has 0 bridgehead atoms. The fraction of sp³-hybridized carbons (Fsp3) is 0.556. The maximum absolute atomic E-state index is 5.52. The van der Waals surface area contributed by atoms with E-state index in [1.807, 2.05) is 30.3 Å². The van der Waals surface area contributed by atoms with E-state index in [4.69, 9.17) is 9.26 Å². The van der Waals surface area contributed by atoms with Gasteiger partial charge in [0, 0.05) is 44.9 Å². The number of nitrogens with zero attached hydrogens (tertiary/aromatic N) is 4. The lowest BCUT2D eigenvalue weighted by atomic mass is 10.1. The fourth-order valence-corrected chi connectivity index (χ4v) is 3.18. The van der Waals surface area contributed by atoms with Crippen molar-refractivity contribution >= 4 is 0 Å². The highest BCUT2D eigenvalue weighted by atomic mass is 16.5. The molecular weight excluding hydrogens is 304 g/mol. The van der Waals surface area contributed by atoms with Crippen LogP contribution in [0.1, 0.15) is 25.8 Å². The third-order valence-electron chi connectivity index (χ3n) is 4.76. The molecule has 6 heteroatoms. The number of rotatable bonds is 6. The predicted molar refractivity (Wildman–Crippen MR) is 92.6 cm³/mol. The second-order valence-corrected chi connectivity index (χ2v) is 6.37. The van der Waals surface area contributed by atoms with Gasteiger partial charge in [-0.05, 0) is 13.8 Å². The molecule has 0 N–H and O–H groups in total. The molecule has 2 atom stereocenters. The molecule has 0 saturated carbocycles. The quantitative estimate of drug-likeness (QED) is 0.811. The van der Waals surface area contributed by atoms with E-state index in [9.17, 15) is 0 Å². The van der Waals surface area contributed by atoms with E-state index in [1.165, 1.54) is 0 Å². The van der Waals surface area contributed by atoms with E-state index < -0.39 is 0 Å². The van der Waals surface area contributed by atoms with Crippen molar-refractivity contribution in [3.63, 3.8) is 0 Å². The summed E-state index contributed by atoms with van der Waals surface area (Å²) in [7, 11) is 1.75. The van der Waals surface area contributed by atoms with Crippen molar-refractivity contribution in [1.82, 2.24) is 19.9 Å². The highest BCUT2D eigenvalue weighted by molar-refractivity contribution is 5.53. The van der Waals surface area contributed by atoms with Gasteiger partial charge >= 0.3 is 0 Å². The molecule has 0 amide bonds. The van der Waals surface area contributed by atoms with Crippen molar-refractivity contribution in [2.75, 3.05) is 39.9 Å². The van der Waals surface area contributed by atoms with Gasteiger partial charge in [-0.25, -0.2) is 0 Å². The molecule has 130 valence electrons. The first kappa shape index (κ1) is 17.1. The van der Waals surface area contributed by atoms with Gasteiger partial charge in [0.2, 0.25) is 11.7 Å². The molecule has 1 aliphatic rings. The van der Waals surface area contributed by atoms with Gasteiger partial charge in [0.1, 0.15) is 0 Å². The van der Waals surface area contributed by atoms with Crippen LogP contribution in [0.4, 0.5) is 0 Å². The van der Waals surface area contributed by atoms with Crippen LogP contribution in [0.15, 0.2) is 34.9 Å². The Morgan fingerprint density at radius 2 is 2.08 bits per heavy atom. The van der Waals surface area contributed by atoms with E-state index in [2.05, 4.69) is 33.8 Å². The van der Waals surface area contributed by atoms with Crippen molar-refractivity contribution in [2.24, 2.45) is 0 Å². The van der Waals surface area contributed by atoms with Crippen molar-refractivity contribution in [3.05, 3.63) is 36.2 Å². The maximum Gasteiger partial charge on any atom is 0.244 e. The zero-order valence-electron chi connectivity index (χ0n) is 14.7. The van der Waals surface area contributed by atoms with Crippen LogP contribution in [0, 0.1) is 0 Å². The number of ether oxygens (including phenoxy) is 1. The lowest BCUT2D eigenvalue weighted by Crippen LogP contribution is -2.53. The second kappa shape index (κ2) is 7.88. The van der Waals surface area contributed by atoms with Gasteiger partial charge in [-0.15, -0.1) is 0 Å². The van der Waals surface area contributed by atoms with Gasteiger partial charge in [-0.1, -0.05) is 35.5 Å². The van der Waals surface area contributed by atoms with Gasteiger partial charge in [-0.3, -0.25) is 9.80 Å². The minimum atomic E-state index is 0.127. The fourth-order valence-electron chi connectivity index (χ4n) is 3.18. The third-order valence-corrected chi connectivity index (χ3v) is 4.76. The summed E-state index contributed by atoms with van der Waals surface area (Å²) in [5.74, 6) is 1.34. The van der Waals surface area contributed by atoms with Crippen LogP contribution in [0.3, 0.4) is 0 Å². The highest BCUT2D eigenvalue weighted by Gasteiger charge is 2.29. The Morgan fingerprint density at radius 1 is 1.29 bits per heavy atom. The largest absolute Gasteiger partial charge is 0.383 e. The Bertz CT molecular complexity index is 631. The summed E-state index contributed by atoms with van der Waals surface area (Å²) in [6.07, 6.45) is 0. The molecule has 2 heterocycles. The normalized spacial score (nSPS) is 21.0. The van der Waals surface area contributed by atoms with E-state index in [-0.39, 0.29) is 6.04 Å². The number of benzene rings is 1. The molecule has 1 aromatic heterocycles. The standard InChI is InChI=1S/C18H26N4O2/c1-14-13-22(10-9-21(14)11-12-23-3)15(2)18-19-17(20-24-18)16-7-5-4-6-8-16/h4-8,14-15H,9-13H2,1-3H3/t14-,15-/m0/s1. The highest BCUT2D eigenvalue weighted by Crippen LogP contribution is 2.24. The molecule has 3 rings (SSSR count). The van der Waals surface area contributed by atoms with E-state index in [0.29, 0.717) is 17.8 Å². The maximum atomic E-state index is 5.52. The number of piperazine rings is 1. The van der Waals surface area contributed by atoms with Crippen LogP contribution in [0.2, 0.25) is 0 Å². The van der Waals surface area contributed by atoms with E-state index in [0.717, 1.165) is 38.3 Å². The molecule has 0 radical (unpaired) electrons. The van der Waals surface area contributed by atoms with Gasteiger partial charge in [0.15, 0.2) is 0 Å². The number of aromatic nitrogens is 2. The molecule has 0 spiro atoms. The van der Waals surface area contributed by atoms with Crippen LogP contribution < -0.4 is 0 Å². The minimum Gasteiger partial charge on any atom is -0.383 e. The molecule has 1 aliphatic heterocycles. The summed E-state index contributed by atoms with van der Waals surface area (Å²) < 4.78 is 10.7. The monoisotopic (exact) mass is 330 g/mol. The Labute approximate surface area is 143 Å². The molecule has 2 aromatic rings. The van der Waals surface area contributed by atoms with Crippen molar-refractivity contribution in [1.29, 1.82) is 0 Å². The summed E-state index contributed by atoms with van der Waals surface area (Å²) in [6.45, 7) is 9.20. The molecule has 0 unspecified atom stereocenters. The minimum absolute atomic E-state index is 0.127. The number of hydrogen-bond donors (Lipinski definition) is 0. The Balaban J connectivity index is 1.63.